The molecule has 0 aliphatic carbocycles. The van der Waals surface area contributed by atoms with Gasteiger partial charge in [0.2, 0.25) is 11.8 Å². The molecule has 0 aromatic rings. The van der Waals surface area contributed by atoms with Gasteiger partial charge in [0.1, 0.15) is 11.8 Å². The van der Waals surface area contributed by atoms with Gasteiger partial charge in [-0.25, -0.2) is 4.79 Å². The van der Waals surface area contributed by atoms with E-state index in [0.29, 0.717) is 0 Å². The Labute approximate surface area is 85.6 Å². The molecule has 0 saturated carbocycles. The van der Waals surface area contributed by atoms with Crippen LogP contribution in [0.1, 0.15) is 19.8 Å². The molecule has 84 valence electrons. The lowest BCUT2D eigenvalue weighted by Crippen LogP contribution is -2.43. The van der Waals surface area contributed by atoms with Crippen molar-refractivity contribution in [2.45, 2.75) is 25.8 Å². The molecule has 0 aliphatic rings. The highest BCUT2D eigenvalue weighted by Gasteiger charge is 2.22. The third kappa shape index (κ3) is 6.19. The van der Waals surface area contributed by atoms with Gasteiger partial charge in [0.15, 0.2) is 0 Å². The molecular weight excluding hydrogens is 204 g/mol. The molecule has 4 N–H and O–H groups in total. The molecular formula is C8H12N2O5. The van der Waals surface area contributed by atoms with E-state index in [0.717, 1.165) is 0 Å². The lowest BCUT2D eigenvalue weighted by Gasteiger charge is -2.11. The molecule has 0 radical (unpaired) electrons. The predicted molar refractivity (Wildman–Crippen MR) is 48.7 cm³/mol. The SMILES string of the molecule is CC(=O)CC(=O)N[C@@H](CC(N)=O)C(=O)O. The van der Waals surface area contributed by atoms with Crippen molar-refractivity contribution in [2.24, 2.45) is 5.73 Å². The first kappa shape index (κ1) is 13.1. The number of carbonyl (C=O) groups is 4. The maximum Gasteiger partial charge on any atom is 0.326 e. The van der Waals surface area contributed by atoms with Crippen molar-refractivity contribution in [3.05, 3.63) is 0 Å². The molecule has 15 heavy (non-hydrogen) atoms. The molecule has 0 bridgehead atoms. The summed E-state index contributed by atoms with van der Waals surface area (Å²) in [5.41, 5.74) is 4.79. The zero-order chi connectivity index (χ0) is 12.0. The van der Waals surface area contributed by atoms with Gasteiger partial charge in [-0.1, -0.05) is 0 Å². The van der Waals surface area contributed by atoms with Gasteiger partial charge in [-0.3, -0.25) is 14.4 Å². The van der Waals surface area contributed by atoms with Gasteiger partial charge < -0.3 is 16.2 Å². The third-order valence-electron chi connectivity index (χ3n) is 1.45. The zero-order valence-electron chi connectivity index (χ0n) is 8.15. The van der Waals surface area contributed by atoms with Gasteiger partial charge in [0.25, 0.3) is 0 Å². The number of amides is 2. The highest BCUT2D eigenvalue weighted by molar-refractivity contribution is 5.98. The van der Waals surface area contributed by atoms with Crippen LogP contribution < -0.4 is 11.1 Å². The van der Waals surface area contributed by atoms with E-state index in [4.69, 9.17) is 10.8 Å². The number of hydrogen-bond donors (Lipinski definition) is 3. The number of ketones is 1. The smallest absolute Gasteiger partial charge is 0.326 e. The Balaban J connectivity index is 4.28. The Kier molecular flexibility index (Phi) is 5.00. The van der Waals surface area contributed by atoms with E-state index in [1.807, 2.05) is 5.32 Å². The maximum atomic E-state index is 11.0. The van der Waals surface area contributed by atoms with Crippen molar-refractivity contribution in [3.63, 3.8) is 0 Å². The molecule has 0 aliphatic heterocycles. The van der Waals surface area contributed by atoms with Gasteiger partial charge in [0, 0.05) is 0 Å². The lowest BCUT2D eigenvalue weighted by molar-refractivity contribution is -0.143. The summed E-state index contributed by atoms with van der Waals surface area (Å²) < 4.78 is 0. The highest BCUT2D eigenvalue weighted by Crippen LogP contribution is 1.93. The van der Waals surface area contributed by atoms with Crippen molar-refractivity contribution in [1.29, 1.82) is 0 Å². The van der Waals surface area contributed by atoms with E-state index in [1.165, 1.54) is 6.92 Å². The zero-order valence-corrected chi connectivity index (χ0v) is 8.15. The Hall–Kier alpha value is -1.92. The summed E-state index contributed by atoms with van der Waals surface area (Å²) in [6.45, 7) is 1.20. The summed E-state index contributed by atoms with van der Waals surface area (Å²) in [6, 6.07) is -1.38. The molecule has 0 heterocycles. The molecule has 0 saturated heterocycles. The van der Waals surface area contributed by atoms with Crippen LogP contribution in [-0.4, -0.2) is 34.7 Å². The highest BCUT2D eigenvalue weighted by atomic mass is 16.4. The number of carbonyl (C=O) groups excluding carboxylic acids is 3. The van der Waals surface area contributed by atoms with E-state index in [-0.39, 0.29) is 0 Å². The number of carboxylic acids is 1. The Morgan fingerprint density at radius 1 is 1.33 bits per heavy atom. The van der Waals surface area contributed by atoms with Gasteiger partial charge >= 0.3 is 5.97 Å². The van der Waals surface area contributed by atoms with Gasteiger partial charge in [-0.15, -0.1) is 0 Å². The average Bonchev–Trinajstić information content (AvgIpc) is 1.99. The fraction of sp³-hybridized carbons (Fsp3) is 0.500. The van der Waals surface area contributed by atoms with Crippen molar-refractivity contribution in [3.8, 4) is 0 Å². The van der Waals surface area contributed by atoms with Crippen LogP contribution in [0.3, 0.4) is 0 Å². The van der Waals surface area contributed by atoms with E-state index < -0.39 is 42.5 Å². The summed E-state index contributed by atoms with van der Waals surface area (Å²) >= 11 is 0. The number of nitrogens with one attached hydrogen (secondary N) is 1. The second kappa shape index (κ2) is 5.74. The molecule has 0 rings (SSSR count). The number of aliphatic carboxylic acids is 1. The number of carboxylic acid groups (broad SMARTS) is 1. The summed E-state index contributed by atoms with van der Waals surface area (Å²) in [4.78, 5) is 42.5. The molecule has 0 unspecified atom stereocenters. The molecule has 0 aromatic heterocycles. The summed E-state index contributed by atoms with van der Waals surface area (Å²) in [5.74, 6) is -3.34. The standard InChI is InChI=1S/C8H12N2O5/c1-4(11)2-7(13)10-5(8(14)15)3-6(9)12/h5H,2-3H2,1H3,(H2,9,12)(H,10,13)(H,14,15)/t5-/m0/s1. The van der Waals surface area contributed by atoms with E-state index in [9.17, 15) is 19.2 Å². The molecule has 7 heteroatoms. The van der Waals surface area contributed by atoms with Gasteiger partial charge in [-0.2, -0.15) is 0 Å². The first-order valence-electron chi connectivity index (χ1n) is 4.13. The first-order valence-corrected chi connectivity index (χ1v) is 4.13. The van der Waals surface area contributed by atoms with E-state index in [1.54, 1.807) is 0 Å². The summed E-state index contributed by atoms with van der Waals surface area (Å²) in [6.07, 6.45) is -0.915. The molecule has 0 fully saturated rings. The largest absolute Gasteiger partial charge is 0.480 e. The van der Waals surface area contributed by atoms with Crippen LogP contribution in [-0.2, 0) is 19.2 Å². The fourth-order valence-corrected chi connectivity index (χ4v) is 0.873. The number of primary amides is 1. The van der Waals surface area contributed by atoms with Crippen molar-refractivity contribution < 1.29 is 24.3 Å². The second-order valence-corrected chi connectivity index (χ2v) is 3.01. The number of rotatable bonds is 6. The van der Waals surface area contributed by atoms with Crippen LogP contribution >= 0.6 is 0 Å². The lowest BCUT2D eigenvalue weighted by atomic mass is 10.2. The molecule has 0 spiro atoms. The van der Waals surface area contributed by atoms with E-state index >= 15 is 0 Å². The first-order chi connectivity index (χ1) is 6.82. The quantitative estimate of drug-likeness (QED) is 0.461. The summed E-state index contributed by atoms with van der Waals surface area (Å²) in [7, 11) is 0. The fourth-order valence-electron chi connectivity index (χ4n) is 0.873. The molecule has 0 aromatic carbocycles. The van der Waals surface area contributed by atoms with Crippen LogP contribution in [0, 0.1) is 0 Å². The maximum absolute atomic E-state index is 11.0. The Bertz CT molecular complexity index is 299. The number of hydrogen-bond acceptors (Lipinski definition) is 4. The van der Waals surface area contributed by atoms with Crippen LogP contribution in [0.15, 0.2) is 0 Å². The minimum atomic E-state index is -1.38. The second-order valence-electron chi connectivity index (χ2n) is 3.01. The van der Waals surface area contributed by atoms with Gasteiger partial charge in [0.05, 0.1) is 12.8 Å². The van der Waals surface area contributed by atoms with Crippen molar-refractivity contribution in [2.75, 3.05) is 0 Å². The van der Waals surface area contributed by atoms with Crippen LogP contribution in [0.2, 0.25) is 0 Å². The molecule has 7 nitrogen and oxygen atoms in total. The van der Waals surface area contributed by atoms with Crippen molar-refractivity contribution >= 4 is 23.6 Å². The summed E-state index contributed by atoms with van der Waals surface area (Å²) in [5, 5.41) is 10.6. The van der Waals surface area contributed by atoms with Crippen molar-refractivity contribution in [1.82, 2.24) is 5.32 Å². The number of Topliss-reactive ketones (excluding diaryl/α,β-unsaturated/α-hetero) is 1. The van der Waals surface area contributed by atoms with Gasteiger partial charge in [-0.05, 0) is 6.92 Å². The Morgan fingerprint density at radius 2 is 1.87 bits per heavy atom. The Morgan fingerprint density at radius 3 is 2.20 bits per heavy atom. The normalized spacial score (nSPS) is 11.5. The third-order valence-corrected chi connectivity index (χ3v) is 1.45. The minimum Gasteiger partial charge on any atom is -0.480 e. The molecule has 1 atom stereocenters. The van der Waals surface area contributed by atoms with Crippen LogP contribution in [0.5, 0.6) is 0 Å². The monoisotopic (exact) mass is 216 g/mol. The minimum absolute atomic E-state index is 0.393. The van der Waals surface area contributed by atoms with Crippen LogP contribution in [0.4, 0.5) is 0 Å². The topological polar surface area (TPSA) is 127 Å². The average molecular weight is 216 g/mol. The predicted octanol–water partition coefficient (Wildman–Crippen LogP) is -1.59. The van der Waals surface area contributed by atoms with E-state index in [2.05, 4.69) is 0 Å². The van der Waals surface area contributed by atoms with Crippen LogP contribution in [0.25, 0.3) is 0 Å². The molecule has 2 amide bonds. The number of nitrogens with two attached hydrogens (primary N) is 1.